The molecule has 8 rings (SSSR count). The number of fused-ring (bicyclic) bond motifs is 3. The van der Waals surface area contributed by atoms with Crippen LogP contribution in [0, 0.1) is 57.1 Å². The summed E-state index contributed by atoms with van der Waals surface area (Å²) in [6.07, 6.45) is 10.2. The van der Waals surface area contributed by atoms with E-state index in [1.807, 2.05) is 41.4 Å². The summed E-state index contributed by atoms with van der Waals surface area (Å²) in [5, 5.41) is 21.4. The molecule has 4 saturated carbocycles. The molecule has 180 valence electrons. The summed E-state index contributed by atoms with van der Waals surface area (Å²) in [6.45, 7) is 0. The fourth-order valence-electron chi connectivity index (χ4n) is 9.09. The first-order chi connectivity index (χ1) is 17.5. The number of benzene rings is 2. The number of halogens is 1. The summed E-state index contributed by atoms with van der Waals surface area (Å²) in [7, 11) is 0. The van der Waals surface area contributed by atoms with Crippen LogP contribution in [0.3, 0.4) is 0 Å². The highest BCUT2D eigenvalue weighted by Gasteiger charge is 2.67. The van der Waals surface area contributed by atoms with Gasteiger partial charge in [0.15, 0.2) is 11.2 Å². The number of rotatable bonds is 3. The van der Waals surface area contributed by atoms with E-state index in [-0.39, 0.29) is 5.78 Å². The van der Waals surface area contributed by atoms with Gasteiger partial charge < -0.3 is 4.90 Å². The Morgan fingerprint density at radius 1 is 0.889 bits per heavy atom. The minimum Gasteiger partial charge on any atom is -0.357 e. The van der Waals surface area contributed by atoms with Gasteiger partial charge in [-0.25, -0.2) is 4.39 Å². The molecule has 2 aliphatic heterocycles. The molecule has 1 saturated heterocycles. The zero-order chi connectivity index (χ0) is 24.7. The average molecular weight is 478 g/mol. The lowest BCUT2D eigenvalue weighted by Crippen LogP contribution is -2.55. The van der Waals surface area contributed by atoms with Crippen molar-refractivity contribution < 1.29 is 9.18 Å². The quantitative estimate of drug-likeness (QED) is 0.533. The molecule has 0 spiro atoms. The van der Waals surface area contributed by atoms with Crippen LogP contribution >= 0.6 is 0 Å². The van der Waals surface area contributed by atoms with Crippen molar-refractivity contribution in [3.8, 4) is 12.1 Å². The van der Waals surface area contributed by atoms with Crippen LogP contribution in [-0.4, -0.2) is 16.7 Å². The first kappa shape index (κ1) is 21.8. The number of carbonyl (C=O) groups is 1. The predicted molar refractivity (Wildman–Crippen MR) is 132 cm³/mol. The van der Waals surface area contributed by atoms with Gasteiger partial charge in [0, 0.05) is 17.5 Å². The van der Waals surface area contributed by atoms with Crippen molar-refractivity contribution in [2.45, 2.75) is 56.5 Å². The Kier molecular flexibility index (Phi) is 4.56. The third-order valence-corrected chi connectivity index (χ3v) is 10.0. The molecule has 0 unspecified atom stereocenters. The van der Waals surface area contributed by atoms with Crippen LogP contribution in [0.5, 0.6) is 0 Å². The number of hydrogen-bond acceptors (Lipinski definition) is 4. The fourth-order valence-corrected chi connectivity index (χ4v) is 9.09. The molecule has 36 heavy (non-hydrogen) atoms. The Balaban J connectivity index is 1.44. The lowest BCUT2D eigenvalue weighted by atomic mass is 9.47. The van der Waals surface area contributed by atoms with E-state index in [2.05, 4.69) is 12.1 Å². The van der Waals surface area contributed by atoms with Gasteiger partial charge in [-0.1, -0.05) is 42.5 Å². The minimum absolute atomic E-state index is 0.122. The van der Waals surface area contributed by atoms with Gasteiger partial charge in [-0.2, -0.15) is 10.5 Å². The smallest absolute Gasteiger partial charge is 0.177 e. The molecule has 2 aromatic rings. The average Bonchev–Trinajstić information content (AvgIpc) is 3.18. The molecule has 0 radical (unpaired) electrons. The lowest BCUT2D eigenvalue weighted by molar-refractivity contribution is -0.148. The summed E-state index contributed by atoms with van der Waals surface area (Å²) >= 11 is 0. The second kappa shape index (κ2) is 7.53. The number of hydrogen-bond donors (Lipinski definition) is 0. The first-order valence-electron chi connectivity index (χ1n) is 13.2. The predicted octanol–water partition coefficient (Wildman–Crippen LogP) is 6.14. The van der Waals surface area contributed by atoms with Crippen molar-refractivity contribution in [2.24, 2.45) is 28.6 Å². The van der Waals surface area contributed by atoms with Crippen molar-refractivity contribution >= 4 is 11.9 Å². The first-order valence-corrected chi connectivity index (χ1v) is 13.2. The second-order valence-electron chi connectivity index (χ2n) is 11.9. The van der Waals surface area contributed by atoms with Gasteiger partial charge in [0.1, 0.15) is 5.82 Å². The number of carbonyl (C=O) groups excluding carboxylic acids is 1. The molecule has 6 aliphatic rings. The maximum atomic E-state index is 15.5. The minimum atomic E-state index is -1.61. The van der Waals surface area contributed by atoms with E-state index in [4.69, 9.17) is 0 Å². The van der Waals surface area contributed by atoms with Crippen LogP contribution in [0.4, 0.5) is 4.39 Å². The molecule has 0 aromatic heterocycles. The maximum Gasteiger partial charge on any atom is 0.177 e. The molecule has 4 nitrogen and oxygen atoms in total. The normalized spacial score (nSPS) is 36.6. The summed E-state index contributed by atoms with van der Waals surface area (Å²) in [5.74, 6) is 0.528. The third kappa shape index (κ3) is 2.75. The Bertz CT molecular complexity index is 1330. The van der Waals surface area contributed by atoms with E-state index in [0.717, 1.165) is 30.4 Å². The van der Waals surface area contributed by atoms with Crippen LogP contribution in [0.1, 0.15) is 67.2 Å². The molecule has 2 heterocycles. The van der Waals surface area contributed by atoms with Crippen LogP contribution in [-0.2, 0) is 4.79 Å². The summed E-state index contributed by atoms with van der Waals surface area (Å²) in [5.41, 5.74) is 0.0447. The van der Waals surface area contributed by atoms with Crippen molar-refractivity contribution in [1.29, 1.82) is 10.5 Å². The van der Waals surface area contributed by atoms with Crippen LogP contribution in [0.15, 0.2) is 54.7 Å². The van der Waals surface area contributed by atoms with Gasteiger partial charge in [-0.05, 0) is 85.1 Å². The Hall–Kier alpha value is -3.44. The van der Waals surface area contributed by atoms with Crippen molar-refractivity contribution in [2.75, 3.05) is 0 Å². The zero-order valence-electron chi connectivity index (χ0n) is 20.1. The molecule has 5 heteroatoms. The highest BCUT2D eigenvalue weighted by Crippen LogP contribution is 2.65. The molecule has 5 fully saturated rings. The molecular formula is C31H28FN3O. The lowest BCUT2D eigenvalue weighted by Gasteiger charge is -2.57. The van der Waals surface area contributed by atoms with Crippen molar-refractivity contribution in [3.63, 3.8) is 0 Å². The van der Waals surface area contributed by atoms with E-state index < -0.39 is 34.6 Å². The molecule has 4 aliphatic carbocycles. The molecule has 0 amide bonds. The molecule has 0 N–H and O–H groups in total. The second-order valence-corrected chi connectivity index (χ2v) is 11.9. The highest BCUT2D eigenvalue weighted by molar-refractivity contribution is 5.93. The van der Waals surface area contributed by atoms with E-state index in [9.17, 15) is 15.3 Å². The Morgan fingerprint density at radius 2 is 1.47 bits per heavy atom. The monoisotopic (exact) mass is 477 g/mol. The summed E-state index contributed by atoms with van der Waals surface area (Å²) < 4.78 is 15.5. The Morgan fingerprint density at radius 3 is 2.08 bits per heavy atom. The summed E-state index contributed by atoms with van der Waals surface area (Å²) in [4.78, 5) is 16.8. The topological polar surface area (TPSA) is 67.9 Å². The largest absolute Gasteiger partial charge is 0.357 e. The van der Waals surface area contributed by atoms with Crippen LogP contribution < -0.4 is 0 Å². The van der Waals surface area contributed by atoms with Gasteiger partial charge in [0.2, 0.25) is 0 Å². The van der Waals surface area contributed by atoms with Gasteiger partial charge in [-0.15, -0.1) is 0 Å². The molecule has 2 aromatic carbocycles. The number of ketones is 1. The molecular weight excluding hydrogens is 449 g/mol. The van der Waals surface area contributed by atoms with Crippen LogP contribution in [0.2, 0.25) is 0 Å². The zero-order valence-corrected chi connectivity index (χ0v) is 20.1. The van der Waals surface area contributed by atoms with Gasteiger partial charge in [-0.3, -0.25) is 4.79 Å². The van der Waals surface area contributed by atoms with E-state index in [1.165, 1.54) is 25.3 Å². The number of Topliss-reactive ketones (excluding diaryl/α,β-unsaturated/α-hetero) is 1. The standard InChI is InChI=1S/C31H28FN3O/c32-25-8-4-3-7-24(25)26-27(29(36)30-14-19-11-20(15-30)13-21(12-19)16-30)35-10-9-22-5-1-2-6-23(22)28(35)31(26,17-33)18-34/h1-10,19-21,26-28H,11-16H2/t19?,20?,21?,26-,27+,28-,30?/m0/s1. The van der Waals surface area contributed by atoms with Crippen molar-refractivity contribution in [1.82, 2.24) is 4.90 Å². The van der Waals surface area contributed by atoms with Gasteiger partial charge in [0.25, 0.3) is 0 Å². The maximum absolute atomic E-state index is 15.5. The van der Waals surface area contributed by atoms with Gasteiger partial charge >= 0.3 is 0 Å². The summed E-state index contributed by atoms with van der Waals surface area (Å²) in [6, 6.07) is 17.4. The van der Waals surface area contributed by atoms with Crippen LogP contribution in [0.25, 0.3) is 6.08 Å². The molecule has 4 bridgehead atoms. The van der Waals surface area contributed by atoms with E-state index in [0.29, 0.717) is 23.3 Å². The number of nitrogens with zero attached hydrogens (tertiary/aromatic N) is 3. The van der Waals surface area contributed by atoms with E-state index in [1.54, 1.807) is 18.2 Å². The third-order valence-electron chi connectivity index (χ3n) is 10.0. The Labute approximate surface area is 211 Å². The number of nitriles is 2. The van der Waals surface area contributed by atoms with Crippen molar-refractivity contribution in [3.05, 3.63) is 77.2 Å². The molecule has 3 atom stereocenters. The SMILES string of the molecule is N#CC1(C#N)[C@@H]2c3ccccc3C=CN2[C@@H](C(=O)C23CC4CC(CC(C4)C2)C3)[C@@H]1c1ccccc1F. The highest BCUT2D eigenvalue weighted by atomic mass is 19.1. The fraction of sp³-hybridized carbons (Fsp3) is 0.452. The van der Waals surface area contributed by atoms with Gasteiger partial charge in [0.05, 0.1) is 24.2 Å². The van der Waals surface area contributed by atoms with E-state index >= 15 is 4.39 Å².